The smallest absolute Gasteiger partial charge is 0.311 e. The summed E-state index contributed by atoms with van der Waals surface area (Å²) in [6, 6.07) is 0. The lowest BCUT2D eigenvalue weighted by atomic mass is 9.89. The minimum atomic E-state index is -3.66. The van der Waals surface area contributed by atoms with E-state index in [9.17, 15) is 18.0 Å². The Hall–Kier alpha value is -1.11. The summed E-state index contributed by atoms with van der Waals surface area (Å²) in [5.41, 5.74) is -0.561. The maximum absolute atomic E-state index is 11.9. The van der Waals surface area contributed by atoms with Crippen LogP contribution in [0, 0.1) is 11.3 Å². The second kappa shape index (κ2) is 8.66. The maximum atomic E-state index is 11.9. The largest absolute Gasteiger partial charge is 0.465 e. The van der Waals surface area contributed by atoms with Crippen LogP contribution in [-0.2, 0) is 24.3 Å². The van der Waals surface area contributed by atoms with Crippen LogP contribution in [0.3, 0.4) is 0 Å². The molecule has 134 valence electrons. The quantitative estimate of drug-likeness (QED) is 0.538. The molecule has 0 aliphatic heterocycles. The van der Waals surface area contributed by atoms with E-state index in [2.05, 4.69) is 4.72 Å². The molecule has 0 aromatic carbocycles. The van der Waals surface area contributed by atoms with Gasteiger partial charge in [-0.25, -0.2) is 8.42 Å². The molecule has 1 fully saturated rings. The second-order valence-electron chi connectivity index (χ2n) is 6.85. The van der Waals surface area contributed by atoms with Crippen molar-refractivity contribution < 1.29 is 22.7 Å². The summed E-state index contributed by atoms with van der Waals surface area (Å²) in [6.45, 7) is 5.51. The van der Waals surface area contributed by atoms with Crippen molar-refractivity contribution in [2.75, 3.05) is 12.4 Å². The fraction of sp³-hybridized carbons (Fsp3) is 0.875. The van der Waals surface area contributed by atoms with Gasteiger partial charge in [-0.15, -0.1) is 0 Å². The van der Waals surface area contributed by atoms with Crippen LogP contribution in [0.25, 0.3) is 0 Å². The number of sulfonamides is 1. The molecule has 1 rings (SSSR count). The number of nitrogens with one attached hydrogen (secondary N) is 1. The molecule has 0 unspecified atom stereocenters. The minimum absolute atomic E-state index is 0.0425. The third kappa shape index (κ3) is 6.89. The zero-order valence-electron chi connectivity index (χ0n) is 14.4. The van der Waals surface area contributed by atoms with Crippen LogP contribution in [-0.4, -0.2) is 32.7 Å². The molecule has 0 heterocycles. The van der Waals surface area contributed by atoms with E-state index < -0.39 is 21.3 Å². The molecule has 0 bridgehead atoms. The van der Waals surface area contributed by atoms with Gasteiger partial charge in [-0.05, 0) is 39.5 Å². The van der Waals surface area contributed by atoms with Crippen LogP contribution in [0.15, 0.2) is 0 Å². The van der Waals surface area contributed by atoms with E-state index in [1.807, 2.05) is 6.92 Å². The highest BCUT2D eigenvalue weighted by Gasteiger charge is 2.27. The molecule has 1 amide bonds. The highest BCUT2D eigenvalue weighted by molar-refractivity contribution is 7.90. The minimum Gasteiger partial charge on any atom is -0.465 e. The average molecular weight is 347 g/mol. The summed E-state index contributed by atoms with van der Waals surface area (Å²) in [4.78, 5) is 23.7. The van der Waals surface area contributed by atoms with Crippen LogP contribution in [0.5, 0.6) is 0 Å². The third-order valence-electron chi connectivity index (χ3n) is 4.46. The Labute approximate surface area is 139 Å². The lowest BCUT2D eigenvalue weighted by Gasteiger charge is -2.21. The van der Waals surface area contributed by atoms with E-state index in [-0.39, 0.29) is 30.7 Å². The van der Waals surface area contributed by atoms with Gasteiger partial charge in [0.25, 0.3) is 0 Å². The van der Waals surface area contributed by atoms with Gasteiger partial charge in [-0.3, -0.25) is 14.3 Å². The number of hydrogen-bond acceptors (Lipinski definition) is 5. The molecule has 6 nitrogen and oxygen atoms in total. The first-order valence-corrected chi connectivity index (χ1v) is 10.0. The van der Waals surface area contributed by atoms with Crippen molar-refractivity contribution in [2.24, 2.45) is 11.3 Å². The lowest BCUT2D eigenvalue weighted by molar-refractivity contribution is -0.154. The zero-order chi connectivity index (χ0) is 17.5. The predicted octanol–water partition coefficient (Wildman–Crippen LogP) is 2.38. The van der Waals surface area contributed by atoms with Gasteiger partial charge in [0.05, 0.1) is 17.8 Å². The SMILES string of the molecule is CCC(C)(C)C(=O)OCCCS(=O)(=O)NC(=O)C1CCCCC1. The second-order valence-corrected chi connectivity index (χ2v) is 8.69. The van der Waals surface area contributed by atoms with Gasteiger partial charge in [0.15, 0.2) is 0 Å². The molecule has 0 saturated heterocycles. The summed E-state index contributed by atoms with van der Waals surface area (Å²) in [5.74, 6) is -1.13. The first-order valence-electron chi connectivity index (χ1n) is 8.39. The van der Waals surface area contributed by atoms with Gasteiger partial charge < -0.3 is 4.74 Å². The first kappa shape index (κ1) is 19.9. The molecule has 7 heteroatoms. The Morgan fingerprint density at radius 2 is 1.78 bits per heavy atom. The topological polar surface area (TPSA) is 89.5 Å². The number of rotatable bonds is 8. The highest BCUT2D eigenvalue weighted by atomic mass is 32.2. The maximum Gasteiger partial charge on any atom is 0.311 e. The third-order valence-corrected chi connectivity index (χ3v) is 5.80. The van der Waals surface area contributed by atoms with E-state index in [1.54, 1.807) is 13.8 Å². The zero-order valence-corrected chi connectivity index (χ0v) is 15.2. The molecular formula is C16H29NO5S. The fourth-order valence-corrected chi connectivity index (χ4v) is 3.48. The monoisotopic (exact) mass is 347 g/mol. The Bertz CT molecular complexity index is 507. The summed E-state index contributed by atoms with van der Waals surface area (Å²) in [7, 11) is -3.66. The Morgan fingerprint density at radius 3 is 2.35 bits per heavy atom. The van der Waals surface area contributed by atoms with Crippen molar-refractivity contribution in [1.82, 2.24) is 4.72 Å². The van der Waals surface area contributed by atoms with E-state index in [0.29, 0.717) is 6.42 Å². The normalized spacial score (nSPS) is 16.8. The van der Waals surface area contributed by atoms with E-state index >= 15 is 0 Å². The van der Waals surface area contributed by atoms with Crippen LogP contribution < -0.4 is 4.72 Å². The lowest BCUT2D eigenvalue weighted by Crippen LogP contribution is -2.38. The number of ether oxygens (including phenoxy) is 1. The van der Waals surface area contributed by atoms with Gasteiger partial charge in [0.1, 0.15) is 0 Å². The number of carbonyl (C=O) groups excluding carboxylic acids is 2. The van der Waals surface area contributed by atoms with E-state index in [0.717, 1.165) is 32.1 Å². The molecule has 1 N–H and O–H groups in total. The summed E-state index contributed by atoms with van der Waals surface area (Å²) >= 11 is 0. The van der Waals surface area contributed by atoms with Gasteiger partial charge >= 0.3 is 5.97 Å². The van der Waals surface area contributed by atoms with Crippen molar-refractivity contribution in [1.29, 1.82) is 0 Å². The number of esters is 1. The van der Waals surface area contributed by atoms with Crippen molar-refractivity contribution in [3.63, 3.8) is 0 Å². The van der Waals surface area contributed by atoms with Crippen LogP contribution in [0.4, 0.5) is 0 Å². The molecule has 0 aromatic heterocycles. The molecular weight excluding hydrogens is 318 g/mol. The molecule has 0 spiro atoms. The fourth-order valence-electron chi connectivity index (χ4n) is 2.41. The van der Waals surface area contributed by atoms with Gasteiger partial charge in [-0.1, -0.05) is 26.2 Å². The van der Waals surface area contributed by atoms with Crippen molar-refractivity contribution >= 4 is 21.9 Å². The van der Waals surface area contributed by atoms with E-state index in [4.69, 9.17) is 4.74 Å². The summed E-state index contributed by atoms with van der Waals surface area (Å²) in [6.07, 6.45) is 5.40. The summed E-state index contributed by atoms with van der Waals surface area (Å²) < 4.78 is 31.1. The van der Waals surface area contributed by atoms with Gasteiger partial charge in [0.2, 0.25) is 15.9 Å². The Balaban J connectivity index is 2.32. The standard InChI is InChI=1S/C16H29NO5S/c1-4-16(2,3)15(19)22-11-8-12-23(20,21)17-14(18)13-9-6-5-7-10-13/h13H,4-12H2,1-3H3,(H,17,18). The van der Waals surface area contributed by atoms with Crippen LogP contribution >= 0.6 is 0 Å². The predicted molar refractivity (Wildman–Crippen MR) is 88.2 cm³/mol. The Morgan fingerprint density at radius 1 is 1.17 bits per heavy atom. The summed E-state index contributed by atoms with van der Waals surface area (Å²) in [5, 5.41) is 0. The first-order chi connectivity index (χ1) is 10.7. The molecule has 0 radical (unpaired) electrons. The van der Waals surface area contributed by atoms with Crippen LogP contribution in [0.1, 0.15) is 65.7 Å². The van der Waals surface area contributed by atoms with Crippen molar-refractivity contribution in [2.45, 2.75) is 65.7 Å². The molecule has 1 aliphatic carbocycles. The molecule has 0 atom stereocenters. The number of carbonyl (C=O) groups is 2. The van der Waals surface area contributed by atoms with Gasteiger partial charge in [-0.2, -0.15) is 0 Å². The van der Waals surface area contributed by atoms with Crippen molar-refractivity contribution in [3.8, 4) is 0 Å². The Kier molecular flexibility index (Phi) is 7.51. The molecule has 23 heavy (non-hydrogen) atoms. The number of hydrogen-bond donors (Lipinski definition) is 1. The van der Waals surface area contributed by atoms with Crippen molar-refractivity contribution in [3.05, 3.63) is 0 Å². The van der Waals surface area contributed by atoms with Gasteiger partial charge in [0, 0.05) is 5.92 Å². The van der Waals surface area contributed by atoms with Crippen LogP contribution in [0.2, 0.25) is 0 Å². The number of amides is 1. The average Bonchev–Trinajstić information content (AvgIpc) is 2.51. The molecule has 1 saturated carbocycles. The molecule has 0 aromatic rings. The molecule has 1 aliphatic rings. The van der Waals surface area contributed by atoms with E-state index in [1.165, 1.54) is 0 Å². The highest BCUT2D eigenvalue weighted by Crippen LogP contribution is 2.24.